The largest absolute Gasteiger partial charge is 0.348 e. The van der Waals surface area contributed by atoms with Gasteiger partial charge in [-0.25, -0.2) is 4.39 Å². The van der Waals surface area contributed by atoms with Gasteiger partial charge >= 0.3 is 0 Å². The number of carbonyl (C=O) groups is 1. The van der Waals surface area contributed by atoms with Gasteiger partial charge in [-0.1, -0.05) is 15.9 Å². The van der Waals surface area contributed by atoms with Gasteiger partial charge in [-0.3, -0.25) is 4.79 Å². The number of benzene rings is 2. The Morgan fingerprint density at radius 3 is 2.77 bits per heavy atom. The van der Waals surface area contributed by atoms with Crippen molar-refractivity contribution in [2.75, 3.05) is 5.32 Å². The molecule has 0 fully saturated rings. The van der Waals surface area contributed by atoms with Crippen molar-refractivity contribution in [1.82, 2.24) is 4.57 Å². The molecule has 3 rings (SSSR count). The van der Waals surface area contributed by atoms with E-state index in [1.54, 1.807) is 6.07 Å². The lowest BCUT2D eigenvalue weighted by molar-refractivity contribution is 0.102. The van der Waals surface area contributed by atoms with E-state index < -0.39 is 5.82 Å². The molecule has 0 aliphatic rings. The van der Waals surface area contributed by atoms with Crippen LogP contribution < -0.4 is 5.32 Å². The second-order valence-electron chi connectivity index (χ2n) is 4.99. The highest BCUT2D eigenvalue weighted by Gasteiger charge is 2.09. The van der Waals surface area contributed by atoms with Crippen LogP contribution in [0.1, 0.15) is 17.3 Å². The van der Waals surface area contributed by atoms with Gasteiger partial charge in [0, 0.05) is 39.4 Å². The van der Waals surface area contributed by atoms with Crippen molar-refractivity contribution >= 4 is 38.4 Å². The monoisotopic (exact) mass is 360 g/mol. The molecule has 3 aromatic rings. The Bertz CT molecular complexity index is 837. The maximum Gasteiger partial charge on any atom is 0.255 e. The molecule has 0 bridgehead atoms. The van der Waals surface area contributed by atoms with Crippen molar-refractivity contribution in [2.45, 2.75) is 13.5 Å². The van der Waals surface area contributed by atoms with E-state index >= 15 is 0 Å². The van der Waals surface area contributed by atoms with Gasteiger partial charge in [-0.2, -0.15) is 0 Å². The van der Waals surface area contributed by atoms with Crippen molar-refractivity contribution in [2.24, 2.45) is 0 Å². The first kappa shape index (κ1) is 14.8. The summed E-state index contributed by atoms with van der Waals surface area (Å²) in [6.07, 6.45) is 2.01. The van der Waals surface area contributed by atoms with Crippen LogP contribution in [0.4, 0.5) is 10.1 Å². The molecule has 0 atom stereocenters. The fraction of sp³-hybridized carbons (Fsp3) is 0.118. The Kier molecular flexibility index (Phi) is 3.98. The van der Waals surface area contributed by atoms with E-state index in [-0.39, 0.29) is 11.5 Å². The Labute approximate surface area is 135 Å². The van der Waals surface area contributed by atoms with Crippen molar-refractivity contribution in [3.8, 4) is 0 Å². The quantitative estimate of drug-likeness (QED) is 0.713. The summed E-state index contributed by atoms with van der Waals surface area (Å²) in [6.45, 7) is 2.98. The lowest BCUT2D eigenvalue weighted by Gasteiger charge is -2.07. The number of fused-ring (bicyclic) bond motifs is 1. The molecule has 1 aromatic heterocycles. The van der Waals surface area contributed by atoms with E-state index in [0.29, 0.717) is 10.2 Å². The number of nitrogens with one attached hydrogen (secondary N) is 1. The number of hydrogen-bond donors (Lipinski definition) is 1. The maximum absolute atomic E-state index is 13.4. The molecule has 1 heterocycles. The standard InChI is InChI=1S/C17H14BrFN2O/c1-2-21-6-5-11-9-15(3-4-16(11)21)20-17(22)12-7-13(18)10-14(19)8-12/h3-10H,2H2,1H3,(H,20,22). The minimum absolute atomic E-state index is 0.276. The summed E-state index contributed by atoms with van der Waals surface area (Å²) in [7, 11) is 0. The molecule has 0 aliphatic heterocycles. The summed E-state index contributed by atoms with van der Waals surface area (Å²) in [6, 6.07) is 11.9. The Balaban J connectivity index is 1.87. The minimum atomic E-state index is -0.449. The van der Waals surface area contributed by atoms with E-state index in [1.807, 2.05) is 30.5 Å². The third-order valence-electron chi connectivity index (χ3n) is 3.49. The van der Waals surface area contributed by atoms with Crippen LogP contribution in [0.5, 0.6) is 0 Å². The first-order chi connectivity index (χ1) is 10.6. The number of nitrogens with zero attached hydrogens (tertiary/aromatic N) is 1. The van der Waals surface area contributed by atoms with Gasteiger partial charge in [-0.05, 0) is 49.4 Å². The van der Waals surface area contributed by atoms with Crippen LogP contribution in [0.2, 0.25) is 0 Å². The van der Waals surface area contributed by atoms with E-state index in [1.165, 1.54) is 12.1 Å². The zero-order chi connectivity index (χ0) is 15.7. The van der Waals surface area contributed by atoms with Gasteiger partial charge in [0.2, 0.25) is 0 Å². The third kappa shape index (κ3) is 2.90. The maximum atomic E-state index is 13.4. The summed E-state index contributed by atoms with van der Waals surface area (Å²) in [5, 5.41) is 3.85. The lowest BCUT2D eigenvalue weighted by atomic mass is 10.2. The van der Waals surface area contributed by atoms with E-state index in [9.17, 15) is 9.18 Å². The average Bonchev–Trinajstić information content (AvgIpc) is 2.88. The molecule has 3 nitrogen and oxygen atoms in total. The molecule has 0 aliphatic carbocycles. The third-order valence-corrected chi connectivity index (χ3v) is 3.95. The van der Waals surface area contributed by atoms with E-state index in [0.717, 1.165) is 17.4 Å². The average molecular weight is 361 g/mol. The molecule has 2 aromatic carbocycles. The number of anilines is 1. The number of aryl methyl sites for hydroxylation is 1. The molecule has 1 N–H and O–H groups in total. The van der Waals surface area contributed by atoms with Gasteiger partial charge in [-0.15, -0.1) is 0 Å². The van der Waals surface area contributed by atoms with Gasteiger partial charge in [0.15, 0.2) is 0 Å². The molecular formula is C17H14BrFN2O. The molecule has 0 unspecified atom stereocenters. The predicted octanol–water partition coefficient (Wildman–Crippen LogP) is 4.82. The number of amides is 1. The molecular weight excluding hydrogens is 347 g/mol. The smallest absolute Gasteiger partial charge is 0.255 e. The van der Waals surface area contributed by atoms with E-state index in [4.69, 9.17) is 0 Å². The zero-order valence-corrected chi connectivity index (χ0v) is 13.5. The Morgan fingerprint density at radius 2 is 2.05 bits per heavy atom. The summed E-state index contributed by atoms with van der Waals surface area (Å²) in [5.74, 6) is -0.788. The molecule has 0 saturated carbocycles. The molecule has 0 saturated heterocycles. The summed E-state index contributed by atoms with van der Waals surface area (Å²) < 4.78 is 16.0. The summed E-state index contributed by atoms with van der Waals surface area (Å²) >= 11 is 3.19. The van der Waals surface area contributed by atoms with Crippen molar-refractivity contribution in [3.05, 3.63) is 64.5 Å². The van der Waals surface area contributed by atoms with Gasteiger partial charge in [0.1, 0.15) is 5.82 Å². The number of halogens is 2. The van der Waals surface area contributed by atoms with Gasteiger partial charge in [0.05, 0.1) is 0 Å². The van der Waals surface area contributed by atoms with Crippen LogP contribution in [0.3, 0.4) is 0 Å². The zero-order valence-electron chi connectivity index (χ0n) is 11.9. The molecule has 0 radical (unpaired) electrons. The SMILES string of the molecule is CCn1ccc2cc(NC(=O)c3cc(F)cc(Br)c3)ccc21. The van der Waals surface area contributed by atoms with Crippen molar-refractivity contribution in [3.63, 3.8) is 0 Å². The number of rotatable bonds is 3. The fourth-order valence-electron chi connectivity index (χ4n) is 2.44. The summed E-state index contributed by atoms with van der Waals surface area (Å²) in [4.78, 5) is 12.2. The first-order valence-corrected chi connectivity index (χ1v) is 7.72. The fourth-order valence-corrected chi connectivity index (χ4v) is 2.91. The Morgan fingerprint density at radius 1 is 1.23 bits per heavy atom. The van der Waals surface area contributed by atoms with Gasteiger partial charge in [0.25, 0.3) is 5.91 Å². The predicted molar refractivity (Wildman–Crippen MR) is 89.7 cm³/mol. The van der Waals surface area contributed by atoms with Crippen LogP contribution in [0.25, 0.3) is 10.9 Å². The van der Waals surface area contributed by atoms with E-state index in [2.05, 4.69) is 32.7 Å². The van der Waals surface area contributed by atoms with Crippen molar-refractivity contribution < 1.29 is 9.18 Å². The van der Waals surface area contributed by atoms with Crippen LogP contribution in [0.15, 0.2) is 53.1 Å². The molecule has 5 heteroatoms. The number of aromatic nitrogens is 1. The van der Waals surface area contributed by atoms with Gasteiger partial charge < -0.3 is 9.88 Å². The van der Waals surface area contributed by atoms with Crippen LogP contribution >= 0.6 is 15.9 Å². The first-order valence-electron chi connectivity index (χ1n) is 6.93. The highest BCUT2D eigenvalue weighted by molar-refractivity contribution is 9.10. The van der Waals surface area contributed by atoms with Crippen molar-refractivity contribution in [1.29, 1.82) is 0 Å². The highest BCUT2D eigenvalue weighted by atomic mass is 79.9. The molecule has 0 spiro atoms. The number of carbonyl (C=O) groups excluding carboxylic acids is 1. The second kappa shape index (κ2) is 5.93. The normalized spacial score (nSPS) is 10.9. The molecule has 1 amide bonds. The van der Waals surface area contributed by atoms with Crippen LogP contribution in [-0.2, 0) is 6.54 Å². The van der Waals surface area contributed by atoms with Crippen LogP contribution in [0, 0.1) is 5.82 Å². The summed E-state index contributed by atoms with van der Waals surface area (Å²) in [5.41, 5.74) is 2.08. The number of hydrogen-bond acceptors (Lipinski definition) is 1. The lowest BCUT2D eigenvalue weighted by Crippen LogP contribution is -2.12. The molecule has 112 valence electrons. The second-order valence-corrected chi connectivity index (χ2v) is 5.90. The Hall–Kier alpha value is -2.14. The highest BCUT2D eigenvalue weighted by Crippen LogP contribution is 2.22. The minimum Gasteiger partial charge on any atom is -0.348 e. The molecule has 22 heavy (non-hydrogen) atoms. The van der Waals surface area contributed by atoms with Crippen LogP contribution in [-0.4, -0.2) is 10.5 Å². The topological polar surface area (TPSA) is 34.0 Å².